The number of hydrogen-bond donors (Lipinski definition) is 2. The summed E-state index contributed by atoms with van der Waals surface area (Å²) in [4.78, 5) is 0. The molecule has 76 valence electrons. The van der Waals surface area contributed by atoms with Gasteiger partial charge in [-0.25, -0.2) is 0 Å². The number of hydrogen-bond acceptors (Lipinski definition) is 2. The average Bonchev–Trinajstić information content (AvgIpc) is 2.01. The van der Waals surface area contributed by atoms with Crippen LogP contribution in [-0.4, -0.2) is 17.2 Å². The molecule has 0 amide bonds. The van der Waals surface area contributed by atoms with Gasteiger partial charge in [0, 0.05) is 0 Å². The van der Waals surface area contributed by atoms with Gasteiger partial charge in [-0.15, -0.1) is 0 Å². The molecular weight excluding hydrogens is 175 g/mol. The lowest BCUT2D eigenvalue weighted by atomic mass is 9.73. The minimum absolute atomic E-state index is 0.522. The SMILES string of the molecule is Cc1cccc(CC(C)C)c1B(O)O. The molecule has 0 atom stereocenters. The predicted octanol–water partition coefficient (Wildman–Crippen LogP) is 0.873. The van der Waals surface area contributed by atoms with Crippen LogP contribution in [0.1, 0.15) is 25.0 Å². The summed E-state index contributed by atoms with van der Waals surface area (Å²) in [6.07, 6.45) is 0.884. The van der Waals surface area contributed by atoms with Crippen LogP contribution in [0.2, 0.25) is 0 Å². The normalized spacial score (nSPS) is 10.7. The zero-order chi connectivity index (χ0) is 10.7. The molecule has 0 radical (unpaired) electrons. The van der Waals surface area contributed by atoms with Crippen LogP contribution in [0.15, 0.2) is 18.2 Å². The monoisotopic (exact) mass is 192 g/mol. The molecule has 1 rings (SSSR count). The quantitative estimate of drug-likeness (QED) is 0.697. The third-order valence-corrected chi connectivity index (χ3v) is 2.30. The molecule has 0 spiro atoms. The molecule has 0 heterocycles. The van der Waals surface area contributed by atoms with Gasteiger partial charge in [0.15, 0.2) is 0 Å². The molecule has 2 nitrogen and oxygen atoms in total. The van der Waals surface area contributed by atoms with Crippen molar-refractivity contribution in [1.82, 2.24) is 0 Å². The first kappa shape index (κ1) is 11.3. The van der Waals surface area contributed by atoms with Gasteiger partial charge in [-0.1, -0.05) is 37.6 Å². The third kappa shape index (κ3) is 2.60. The summed E-state index contributed by atoms with van der Waals surface area (Å²) < 4.78 is 0. The fraction of sp³-hybridized carbons (Fsp3) is 0.455. The average molecular weight is 192 g/mol. The second-order valence-corrected chi connectivity index (χ2v) is 4.12. The molecule has 0 unspecified atom stereocenters. The van der Waals surface area contributed by atoms with Crippen molar-refractivity contribution in [3.63, 3.8) is 0 Å². The van der Waals surface area contributed by atoms with Crippen molar-refractivity contribution in [2.75, 3.05) is 0 Å². The van der Waals surface area contributed by atoms with E-state index >= 15 is 0 Å². The van der Waals surface area contributed by atoms with Gasteiger partial charge in [0.25, 0.3) is 0 Å². The third-order valence-electron chi connectivity index (χ3n) is 2.30. The Morgan fingerprint density at radius 3 is 2.43 bits per heavy atom. The van der Waals surface area contributed by atoms with Crippen LogP contribution in [0.5, 0.6) is 0 Å². The number of benzene rings is 1. The molecule has 3 heteroatoms. The van der Waals surface area contributed by atoms with Crippen LogP contribution in [-0.2, 0) is 6.42 Å². The van der Waals surface area contributed by atoms with Crippen LogP contribution in [0.4, 0.5) is 0 Å². The van der Waals surface area contributed by atoms with Crippen molar-refractivity contribution in [3.8, 4) is 0 Å². The molecule has 1 aromatic rings. The highest BCUT2D eigenvalue weighted by Crippen LogP contribution is 2.08. The van der Waals surface area contributed by atoms with Crippen molar-refractivity contribution >= 4 is 12.6 Å². The molecule has 0 bridgehead atoms. The summed E-state index contributed by atoms with van der Waals surface area (Å²) in [5.74, 6) is 0.522. The van der Waals surface area contributed by atoms with Gasteiger partial charge in [0.05, 0.1) is 0 Å². The Balaban J connectivity index is 3.08. The van der Waals surface area contributed by atoms with E-state index in [1.165, 1.54) is 0 Å². The Labute approximate surface area is 85.7 Å². The fourth-order valence-corrected chi connectivity index (χ4v) is 1.73. The molecule has 0 saturated carbocycles. The molecule has 0 aromatic heterocycles. The first-order valence-corrected chi connectivity index (χ1v) is 4.97. The maximum atomic E-state index is 9.25. The Bertz CT molecular complexity index is 308. The van der Waals surface area contributed by atoms with Gasteiger partial charge in [-0.05, 0) is 30.3 Å². The lowest BCUT2D eigenvalue weighted by Gasteiger charge is -2.13. The van der Waals surface area contributed by atoms with E-state index in [1.54, 1.807) is 0 Å². The maximum Gasteiger partial charge on any atom is 0.488 e. The Hall–Kier alpha value is -0.795. The first-order chi connectivity index (χ1) is 6.52. The largest absolute Gasteiger partial charge is 0.488 e. The Morgan fingerprint density at radius 2 is 1.93 bits per heavy atom. The summed E-state index contributed by atoms with van der Waals surface area (Å²) in [6.45, 7) is 6.14. The van der Waals surface area contributed by atoms with Crippen LogP contribution in [0, 0.1) is 12.8 Å². The topological polar surface area (TPSA) is 40.5 Å². The van der Waals surface area contributed by atoms with Crippen molar-refractivity contribution < 1.29 is 10.0 Å². The van der Waals surface area contributed by atoms with E-state index in [-0.39, 0.29) is 0 Å². The van der Waals surface area contributed by atoms with Gasteiger partial charge in [-0.3, -0.25) is 0 Å². The first-order valence-electron chi connectivity index (χ1n) is 4.97. The van der Waals surface area contributed by atoms with Crippen molar-refractivity contribution in [2.45, 2.75) is 27.2 Å². The zero-order valence-electron chi connectivity index (χ0n) is 8.99. The molecule has 0 aliphatic heterocycles. The van der Waals surface area contributed by atoms with Gasteiger partial charge < -0.3 is 10.0 Å². The lowest BCUT2D eigenvalue weighted by Crippen LogP contribution is -2.35. The minimum atomic E-state index is -1.36. The standard InChI is InChI=1S/C11H17BO2/c1-8(2)7-10-6-4-5-9(3)11(10)12(13)14/h4-6,8,13-14H,7H2,1-3H3. The van der Waals surface area contributed by atoms with Gasteiger partial charge >= 0.3 is 7.12 Å². The van der Waals surface area contributed by atoms with E-state index in [1.807, 2.05) is 25.1 Å². The summed E-state index contributed by atoms with van der Waals surface area (Å²) in [5.41, 5.74) is 2.65. The van der Waals surface area contributed by atoms with E-state index < -0.39 is 7.12 Å². The highest BCUT2D eigenvalue weighted by Gasteiger charge is 2.18. The van der Waals surface area contributed by atoms with Crippen molar-refractivity contribution in [3.05, 3.63) is 29.3 Å². The van der Waals surface area contributed by atoms with E-state index in [0.29, 0.717) is 11.4 Å². The summed E-state index contributed by atoms with van der Waals surface area (Å²) in [6, 6.07) is 5.82. The van der Waals surface area contributed by atoms with Gasteiger partial charge in [0.2, 0.25) is 0 Å². The molecule has 2 N–H and O–H groups in total. The van der Waals surface area contributed by atoms with Crippen LogP contribution in [0.3, 0.4) is 0 Å². The van der Waals surface area contributed by atoms with Crippen molar-refractivity contribution in [1.29, 1.82) is 0 Å². The smallest absolute Gasteiger partial charge is 0.423 e. The molecule has 0 saturated heterocycles. The van der Waals surface area contributed by atoms with E-state index in [0.717, 1.165) is 17.5 Å². The molecule has 14 heavy (non-hydrogen) atoms. The maximum absolute atomic E-state index is 9.25. The molecule has 0 fully saturated rings. The molecule has 0 aliphatic rings. The van der Waals surface area contributed by atoms with Gasteiger partial charge in [0.1, 0.15) is 0 Å². The summed E-state index contributed by atoms with van der Waals surface area (Å²) in [7, 11) is -1.36. The van der Waals surface area contributed by atoms with E-state index in [9.17, 15) is 10.0 Å². The number of aryl methyl sites for hydroxylation is 1. The zero-order valence-corrected chi connectivity index (χ0v) is 8.99. The molecular formula is C11H17BO2. The van der Waals surface area contributed by atoms with Crippen LogP contribution < -0.4 is 5.46 Å². The van der Waals surface area contributed by atoms with E-state index in [4.69, 9.17) is 0 Å². The number of rotatable bonds is 3. The van der Waals surface area contributed by atoms with Crippen LogP contribution in [0.25, 0.3) is 0 Å². The second-order valence-electron chi connectivity index (χ2n) is 4.12. The Morgan fingerprint density at radius 1 is 1.29 bits per heavy atom. The molecule has 0 aliphatic carbocycles. The molecule has 1 aromatic carbocycles. The fourth-order valence-electron chi connectivity index (χ4n) is 1.73. The Kier molecular flexibility index (Phi) is 3.73. The van der Waals surface area contributed by atoms with E-state index in [2.05, 4.69) is 13.8 Å². The van der Waals surface area contributed by atoms with Crippen LogP contribution >= 0.6 is 0 Å². The lowest BCUT2D eigenvalue weighted by molar-refractivity contribution is 0.425. The summed E-state index contributed by atoms with van der Waals surface area (Å²) in [5, 5.41) is 18.5. The van der Waals surface area contributed by atoms with Gasteiger partial charge in [-0.2, -0.15) is 0 Å². The minimum Gasteiger partial charge on any atom is -0.423 e. The summed E-state index contributed by atoms with van der Waals surface area (Å²) >= 11 is 0. The van der Waals surface area contributed by atoms with Crippen molar-refractivity contribution in [2.24, 2.45) is 5.92 Å². The second kappa shape index (κ2) is 4.62. The predicted molar refractivity (Wildman–Crippen MR) is 59.5 cm³/mol. The highest BCUT2D eigenvalue weighted by atomic mass is 16.4. The highest BCUT2D eigenvalue weighted by molar-refractivity contribution is 6.59.